The third-order valence-corrected chi connectivity index (χ3v) is 4.98. The van der Waals surface area contributed by atoms with E-state index in [-0.39, 0.29) is 30.5 Å². The van der Waals surface area contributed by atoms with Crippen molar-refractivity contribution < 1.29 is 14.3 Å². The molecule has 128 valence electrons. The fourth-order valence-electron chi connectivity index (χ4n) is 3.79. The normalized spacial score (nSPS) is 21.0. The zero-order chi connectivity index (χ0) is 17.3. The third-order valence-electron chi connectivity index (χ3n) is 4.98. The third kappa shape index (κ3) is 2.90. The van der Waals surface area contributed by atoms with Crippen LogP contribution >= 0.6 is 0 Å². The number of rotatable bonds is 3. The molecule has 0 saturated carbocycles. The minimum absolute atomic E-state index is 0.104. The Kier molecular flexibility index (Phi) is 4.60. The lowest BCUT2D eigenvalue weighted by atomic mass is 9.97. The number of piperidine rings is 1. The van der Waals surface area contributed by atoms with Crippen LogP contribution in [0.2, 0.25) is 0 Å². The number of amides is 1. The predicted molar refractivity (Wildman–Crippen MR) is 92.9 cm³/mol. The second-order valence-corrected chi connectivity index (χ2v) is 6.61. The van der Waals surface area contributed by atoms with Crippen LogP contribution in [-0.4, -0.2) is 40.5 Å². The fourth-order valence-corrected chi connectivity index (χ4v) is 3.79. The van der Waals surface area contributed by atoms with Gasteiger partial charge >= 0.3 is 5.97 Å². The lowest BCUT2D eigenvalue weighted by Crippen LogP contribution is -2.48. The molecule has 1 aromatic heterocycles. The van der Waals surface area contributed by atoms with Gasteiger partial charge in [0.05, 0.1) is 12.7 Å². The van der Waals surface area contributed by atoms with Crippen molar-refractivity contribution in [3.05, 3.63) is 36.0 Å². The molecule has 0 aliphatic carbocycles. The first-order valence-electron chi connectivity index (χ1n) is 8.50. The van der Waals surface area contributed by atoms with E-state index in [1.54, 1.807) is 6.20 Å². The summed E-state index contributed by atoms with van der Waals surface area (Å²) in [7, 11) is 1.37. The first-order chi connectivity index (χ1) is 11.5. The average molecular weight is 328 g/mol. The number of aromatic nitrogens is 1. The Bertz CT molecular complexity index is 755. The Balaban J connectivity index is 1.92. The van der Waals surface area contributed by atoms with Crippen LogP contribution in [0.1, 0.15) is 43.5 Å². The van der Waals surface area contributed by atoms with Gasteiger partial charge in [-0.05, 0) is 39.2 Å². The number of likely N-dealkylation sites (tertiary alicyclic amines) is 1. The van der Waals surface area contributed by atoms with Crippen LogP contribution in [-0.2, 0) is 16.1 Å². The largest absolute Gasteiger partial charge is 0.465 e. The number of nitrogens with zero attached hydrogens (tertiary/aromatic N) is 2. The molecule has 3 rings (SSSR count). The molecule has 1 fully saturated rings. The van der Waals surface area contributed by atoms with Gasteiger partial charge in [0.15, 0.2) is 0 Å². The minimum Gasteiger partial charge on any atom is -0.465 e. The summed E-state index contributed by atoms with van der Waals surface area (Å²) in [6.07, 6.45) is 5.00. The smallest absolute Gasteiger partial charge is 0.340 e. The summed E-state index contributed by atoms with van der Waals surface area (Å²) in [4.78, 5) is 26.9. The zero-order valence-corrected chi connectivity index (χ0v) is 14.5. The van der Waals surface area contributed by atoms with E-state index in [0.717, 1.165) is 23.7 Å². The van der Waals surface area contributed by atoms with Gasteiger partial charge in [0.1, 0.15) is 6.54 Å². The molecule has 24 heavy (non-hydrogen) atoms. The predicted octanol–water partition coefficient (Wildman–Crippen LogP) is 3.22. The highest BCUT2D eigenvalue weighted by Crippen LogP contribution is 2.25. The standard InChI is InChI=1S/C19H24N2O3/c1-13-7-6-8-14(2)21(13)18(22)12-20-11-16(19(23)24-3)15-9-4-5-10-17(15)20/h4-5,9-11,13-14H,6-8,12H2,1-3H3/t13-,14-/m0/s1. The summed E-state index contributed by atoms with van der Waals surface area (Å²) in [6.45, 7) is 4.47. The van der Waals surface area contributed by atoms with Crippen molar-refractivity contribution in [1.82, 2.24) is 9.47 Å². The molecular formula is C19H24N2O3. The molecule has 2 atom stereocenters. The van der Waals surface area contributed by atoms with Crippen molar-refractivity contribution in [2.45, 2.75) is 51.7 Å². The molecule has 1 aliphatic rings. The molecule has 1 amide bonds. The Morgan fingerprint density at radius 2 is 1.83 bits per heavy atom. The Morgan fingerprint density at radius 3 is 2.50 bits per heavy atom. The van der Waals surface area contributed by atoms with Gasteiger partial charge in [0.2, 0.25) is 5.91 Å². The fraction of sp³-hybridized carbons (Fsp3) is 0.474. The van der Waals surface area contributed by atoms with E-state index >= 15 is 0 Å². The van der Waals surface area contributed by atoms with Crippen LogP contribution in [0.15, 0.2) is 30.5 Å². The van der Waals surface area contributed by atoms with E-state index in [9.17, 15) is 9.59 Å². The summed E-state index contributed by atoms with van der Waals surface area (Å²) in [5.74, 6) is -0.274. The average Bonchev–Trinajstić information content (AvgIpc) is 2.93. The lowest BCUT2D eigenvalue weighted by molar-refractivity contribution is -0.137. The van der Waals surface area contributed by atoms with Crippen molar-refractivity contribution in [1.29, 1.82) is 0 Å². The monoisotopic (exact) mass is 328 g/mol. The molecule has 1 saturated heterocycles. The first kappa shape index (κ1) is 16.6. The maximum absolute atomic E-state index is 12.9. The second kappa shape index (κ2) is 6.67. The number of carbonyl (C=O) groups is 2. The molecule has 0 unspecified atom stereocenters. The quantitative estimate of drug-likeness (QED) is 0.813. The van der Waals surface area contributed by atoms with Crippen LogP contribution in [0.3, 0.4) is 0 Å². The maximum atomic E-state index is 12.9. The number of carbonyl (C=O) groups excluding carboxylic acids is 2. The van der Waals surface area contributed by atoms with Crippen LogP contribution < -0.4 is 0 Å². The van der Waals surface area contributed by atoms with Gasteiger partial charge in [0.25, 0.3) is 0 Å². The summed E-state index contributed by atoms with van der Waals surface area (Å²) in [5, 5.41) is 0.817. The van der Waals surface area contributed by atoms with Crippen molar-refractivity contribution >= 4 is 22.8 Å². The molecule has 2 heterocycles. The van der Waals surface area contributed by atoms with Crippen molar-refractivity contribution in [3.63, 3.8) is 0 Å². The van der Waals surface area contributed by atoms with Crippen molar-refractivity contribution in [3.8, 4) is 0 Å². The Labute approximate surface area is 142 Å². The number of fused-ring (bicyclic) bond motifs is 1. The van der Waals surface area contributed by atoms with Gasteiger partial charge in [-0.1, -0.05) is 18.2 Å². The van der Waals surface area contributed by atoms with E-state index in [1.165, 1.54) is 13.5 Å². The molecule has 0 N–H and O–H groups in total. The van der Waals surface area contributed by atoms with Gasteiger partial charge in [-0.25, -0.2) is 4.79 Å². The van der Waals surface area contributed by atoms with Crippen LogP contribution in [0.25, 0.3) is 10.9 Å². The number of para-hydroxylation sites is 1. The van der Waals surface area contributed by atoms with Crippen LogP contribution in [0.4, 0.5) is 0 Å². The number of hydrogen-bond acceptors (Lipinski definition) is 3. The summed E-state index contributed by atoms with van der Waals surface area (Å²) < 4.78 is 6.72. The molecule has 0 bridgehead atoms. The summed E-state index contributed by atoms with van der Waals surface area (Å²) in [6, 6.07) is 8.14. The summed E-state index contributed by atoms with van der Waals surface area (Å²) >= 11 is 0. The summed E-state index contributed by atoms with van der Waals surface area (Å²) in [5.41, 5.74) is 1.38. The zero-order valence-electron chi connectivity index (χ0n) is 14.5. The van der Waals surface area contributed by atoms with Crippen LogP contribution in [0.5, 0.6) is 0 Å². The van der Waals surface area contributed by atoms with Gasteiger partial charge in [-0.3, -0.25) is 4.79 Å². The molecule has 1 aliphatic heterocycles. The topological polar surface area (TPSA) is 51.5 Å². The Morgan fingerprint density at radius 1 is 1.17 bits per heavy atom. The van der Waals surface area contributed by atoms with Gasteiger partial charge in [-0.2, -0.15) is 0 Å². The number of methoxy groups -OCH3 is 1. The second-order valence-electron chi connectivity index (χ2n) is 6.61. The Hall–Kier alpha value is -2.30. The van der Waals surface area contributed by atoms with E-state index in [4.69, 9.17) is 4.74 Å². The van der Waals surface area contributed by atoms with Gasteiger partial charge in [0, 0.05) is 29.2 Å². The van der Waals surface area contributed by atoms with E-state index in [0.29, 0.717) is 5.56 Å². The first-order valence-corrected chi connectivity index (χ1v) is 8.50. The number of esters is 1. The van der Waals surface area contributed by atoms with E-state index in [1.807, 2.05) is 33.7 Å². The number of ether oxygens (including phenoxy) is 1. The molecule has 5 heteroatoms. The molecule has 0 radical (unpaired) electrons. The highest BCUT2D eigenvalue weighted by atomic mass is 16.5. The molecular weight excluding hydrogens is 304 g/mol. The van der Waals surface area contributed by atoms with Crippen molar-refractivity contribution in [2.75, 3.05) is 7.11 Å². The SMILES string of the molecule is COC(=O)c1cn(CC(=O)N2[C@@H](C)CCC[C@@H]2C)c2ccccc12. The van der Waals surface area contributed by atoms with Crippen molar-refractivity contribution in [2.24, 2.45) is 0 Å². The van der Waals surface area contributed by atoms with Crippen LogP contribution in [0, 0.1) is 0 Å². The number of hydrogen-bond donors (Lipinski definition) is 0. The number of benzene rings is 1. The van der Waals surface area contributed by atoms with E-state index < -0.39 is 0 Å². The molecule has 0 spiro atoms. The molecule has 5 nitrogen and oxygen atoms in total. The van der Waals surface area contributed by atoms with Gasteiger partial charge in [-0.15, -0.1) is 0 Å². The molecule has 2 aromatic rings. The maximum Gasteiger partial charge on any atom is 0.340 e. The minimum atomic E-state index is -0.378. The van der Waals surface area contributed by atoms with E-state index in [2.05, 4.69) is 13.8 Å². The highest BCUT2D eigenvalue weighted by Gasteiger charge is 2.29. The highest BCUT2D eigenvalue weighted by molar-refractivity contribution is 6.04. The molecule has 1 aromatic carbocycles. The van der Waals surface area contributed by atoms with Gasteiger partial charge < -0.3 is 14.2 Å². The lowest BCUT2D eigenvalue weighted by Gasteiger charge is -2.39.